The van der Waals surface area contributed by atoms with E-state index in [4.69, 9.17) is 0 Å². The van der Waals surface area contributed by atoms with Gasteiger partial charge < -0.3 is 10.1 Å². The predicted octanol–water partition coefficient (Wildman–Crippen LogP) is 4.41. The summed E-state index contributed by atoms with van der Waals surface area (Å²) in [6.45, 7) is 4.23. The molecule has 0 aliphatic carbocycles. The van der Waals surface area contributed by atoms with Gasteiger partial charge in [-0.2, -0.15) is 0 Å². The molecule has 0 saturated carbocycles. The lowest BCUT2D eigenvalue weighted by molar-refractivity contribution is 0.0600. The number of hydrogen-bond acceptors (Lipinski definition) is 4. The number of esters is 1. The van der Waals surface area contributed by atoms with Gasteiger partial charge in [-0.05, 0) is 29.7 Å². The number of anilines is 1. The van der Waals surface area contributed by atoms with Crippen molar-refractivity contribution >= 4 is 17.4 Å². The minimum atomic E-state index is -0.399. The molecule has 0 amide bonds. The second-order valence-corrected chi connectivity index (χ2v) is 5.69. The molecule has 124 valence electrons. The first kappa shape index (κ1) is 17.5. The number of methoxy groups -OCH3 is 1. The number of nitrogens with one attached hydrogen (secondary N) is 1. The molecule has 0 spiro atoms. The summed E-state index contributed by atoms with van der Waals surface area (Å²) in [7, 11) is 1.34. The van der Waals surface area contributed by atoms with E-state index in [-0.39, 0.29) is 5.78 Å². The molecular formula is C20H21NO3. The smallest absolute Gasteiger partial charge is 0.337 e. The van der Waals surface area contributed by atoms with Gasteiger partial charge in [-0.3, -0.25) is 4.79 Å². The molecule has 0 aromatic heterocycles. The number of allylic oxidation sites excluding steroid dienone is 1. The van der Waals surface area contributed by atoms with Gasteiger partial charge in [0.2, 0.25) is 0 Å². The van der Waals surface area contributed by atoms with Crippen LogP contribution in [0.15, 0.2) is 60.8 Å². The van der Waals surface area contributed by atoms with Crippen LogP contribution in [0.1, 0.15) is 46.0 Å². The third kappa shape index (κ3) is 4.56. The Bertz CT molecular complexity index is 746. The summed E-state index contributed by atoms with van der Waals surface area (Å²) >= 11 is 0. The molecule has 2 aromatic rings. The molecule has 0 heterocycles. The first-order chi connectivity index (χ1) is 11.5. The van der Waals surface area contributed by atoms with Gasteiger partial charge >= 0.3 is 5.97 Å². The Labute approximate surface area is 142 Å². The summed E-state index contributed by atoms with van der Waals surface area (Å²) in [4.78, 5) is 23.6. The Morgan fingerprint density at radius 3 is 2.38 bits per heavy atom. The van der Waals surface area contributed by atoms with E-state index >= 15 is 0 Å². The van der Waals surface area contributed by atoms with E-state index in [0.29, 0.717) is 22.7 Å². The van der Waals surface area contributed by atoms with Gasteiger partial charge in [-0.1, -0.05) is 44.2 Å². The summed E-state index contributed by atoms with van der Waals surface area (Å²) in [6.07, 6.45) is 3.03. The van der Waals surface area contributed by atoms with E-state index in [1.54, 1.807) is 30.5 Å². The third-order valence-corrected chi connectivity index (χ3v) is 3.63. The van der Waals surface area contributed by atoms with Crippen molar-refractivity contribution in [2.24, 2.45) is 0 Å². The summed E-state index contributed by atoms with van der Waals surface area (Å²) in [5, 5.41) is 2.99. The molecule has 0 fully saturated rings. The van der Waals surface area contributed by atoms with Crippen LogP contribution < -0.4 is 5.32 Å². The molecule has 24 heavy (non-hydrogen) atoms. The quantitative estimate of drug-likeness (QED) is 0.486. The molecule has 0 unspecified atom stereocenters. The fraction of sp³-hybridized carbons (Fsp3) is 0.200. The first-order valence-electron chi connectivity index (χ1n) is 7.77. The zero-order valence-corrected chi connectivity index (χ0v) is 14.1. The number of hydrogen-bond donors (Lipinski definition) is 1. The van der Waals surface area contributed by atoms with Crippen molar-refractivity contribution in [3.63, 3.8) is 0 Å². The second kappa shape index (κ2) is 8.11. The molecule has 4 heteroatoms. The van der Waals surface area contributed by atoms with Crippen molar-refractivity contribution in [1.29, 1.82) is 0 Å². The van der Waals surface area contributed by atoms with Crippen LogP contribution in [0.2, 0.25) is 0 Å². The third-order valence-electron chi connectivity index (χ3n) is 3.63. The van der Waals surface area contributed by atoms with Crippen LogP contribution in [0.3, 0.4) is 0 Å². The van der Waals surface area contributed by atoms with Gasteiger partial charge in [0.1, 0.15) is 0 Å². The van der Waals surface area contributed by atoms with E-state index in [1.807, 2.05) is 24.3 Å². The zero-order chi connectivity index (χ0) is 17.5. The largest absolute Gasteiger partial charge is 0.465 e. The average molecular weight is 323 g/mol. The number of benzene rings is 2. The number of carbonyl (C=O) groups is 2. The van der Waals surface area contributed by atoms with Gasteiger partial charge in [0.05, 0.1) is 12.7 Å². The fourth-order valence-corrected chi connectivity index (χ4v) is 2.20. The van der Waals surface area contributed by atoms with Gasteiger partial charge in [-0.25, -0.2) is 4.79 Å². The highest BCUT2D eigenvalue weighted by atomic mass is 16.5. The van der Waals surface area contributed by atoms with Crippen LogP contribution in [0.4, 0.5) is 5.69 Å². The zero-order valence-electron chi connectivity index (χ0n) is 14.1. The molecule has 1 N–H and O–H groups in total. The van der Waals surface area contributed by atoms with Crippen LogP contribution >= 0.6 is 0 Å². The molecule has 0 aliphatic heterocycles. The molecule has 0 atom stereocenters. The fourth-order valence-electron chi connectivity index (χ4n) is 2.20. The summed E-state index contributed by atoms with van der Waals surface area (Å²) in [6, 6.07) is 14.5. The van der Waals surface area contributed by atoms with Gasteiger partial charge in [0.15, 0.2) is 5.78 Å². The van der Waals surface area contributed by atoms with Crippen LogP contribution in [0, 0.1) is 0 Å². The van der Waals surface area contributed by atoms with Crippen molar-refractivity contribution in [2.75, 3.05) is 12.4 Å². The lowest BCUT2D eigenvalue weighted by Gasteiger charge is -2.05. The molecule has 0 radical (unpaired) electrons. The van der Waals surface area contributed by atoms with E-state index in [1.165, 1.54) is 18.7 Å². The van der Waals surface area contributed by atoms with Crippen LogP contribution in [-0.4, -0.2) is 18.9 Å². The highest BCUT2D eigenvalue weighted by Crippen LogP contribution is 2.15. The Kier molecular flexibility index (Phi) is 5.90. The Hall–Kier alpha value is -2.88. The highest BCUT2D eigenvalue weighted by molar-refractivity contribution is 6.04. The monoisotopic (exact) mass is 323 g/mol. The predicted molar refractivity (Wildman–Crippen MR) is 95.4 cm³/mol. The Balaban J connectivity index is 2.00. The van der Waals surface area contributed by atoms with Crippen LogP contribution in [0.25, 0.3) is 0 Å². The van der Waals surface area contributed by atoms with E-state index in [2.05, 4.69) is 23.9 Å². The van der Waals surface area contributed by atoms with Crippen molar-refractivity contribution in [1.82, 2.24) is 0 Å². The summed E-state index contributed by atoms with van der Waals surface area (Å²) in [5.74, 6) is -0.0423. The minimum Gasteiger partial charge on any atom is -0.465 e. The first-order valence-corrected chi connectivity index (χ1v) is 7.77. The SMILES string of the molecule is COC(=O)c1cccc(N/C=C/C(=O)c2ccc(C(C)C)cc2)c1. The van der Waals surface area contributed by atoms with Crippen LogP contribution in [0.5, 0.6) is 0 Å². The lowest BCUT2D eigenvalue weighted by atomic mass is 10.0. The minimum absolute atomic E-state index is 0.0815. The molecule has 0 bridgehead atoms. The molecule has 0 aliphatic rings. The molecular weight excluding hydrogens is 302 g/mol. The van der Waals surface area contributed by atoms with E-state index < -0.39 is 5.97 Å². The van der Waals surface area contributed by atoms with Crippen molar-refractivity contribution in [3.8, 4) is 0 Å². The molecule has 2 rings (SSSR count). The topological polar surface area (TPSA) is 55.4 Å². The normalized spacial score (nSPS) is 10.8. The van der Waals surface area contributed by atoms with Gasteiger partial charge in [0, 0.05) is 23.5 Å². The maximum atomic E-state index is 12.1. The van der Waals surface area contributed by atoms with Gasteiger partial charge in [0.25, 0.3) is 0 Å². The summed E-state index contributed by atoms with van der Waals surface area (Å²) < 4.78 is 4.68. The molecule has 0 saturated heterocycles. The number of rotatable bonds is 6. The molecule has 2 aromatic carbocycles. The number of ketones is 1. The average Bonchev–Trinajstić information content (AvgIpc) is 2.61. The van der Waals surface area contributed by atoms with E-state index in [9.17, 15) is 9.59 Å². The lowest BCUT2D eigenvalue weighted by Crippen LogP contribution is -2.02. The van der Waals surface area contributed by atoms with Crippen molar-refractivity contribution in [3.05, 3.63) is 77.5 Å². The van der Waals surface area contributed by atoms with Gasteiger partial charge in [-0.15, -0.1) is 0 Å². The Morgan fingerprint density at radius 2 is 1.75 bits per heavy atom. The number of ether oxygens (including phenoxy) is 1. The van der Waals surface area contributed by atoms with Crippen LogP contribution in [-0.2, 0) is 4.74 Å². The van der Waals surface area contributed by atoms with E-state index in [0.717, 1.165) is 0 Å². The molecule has 4 nitrogen and oxygen atoms in total. The Morgan fingerprint density at radius 1 is 1.04 bits per heavy atom. The van der Waals surface area contributed by atoms with Crippen molar-refractivity contribution in [2.45, 2.75) is 19.8 Å². The second-order valence-electron chi connectivity index (χ2n) is 5.69. The maximum absolute atomic E-state index is 12.1. The highest BCUT2D eigenvalue weighted by Gasteiger charge is 2.05. The standard InChI is InChI=1S/C20H21NO3/c1-14(2)15-7-9-16(10-8-15)19(22)11-12-21-18-6-4-5-17(13-18)20(23)24-3/h4-14,21H,1-3H3/b12-11+. The maximum Gasteiger partial charge on any atom is 0.337 e. The number of carbonyl (C=O) groups excluding carboxylic acids is 2. The summed E-state index contributed by atoms with van der Waals surface area (Å²) in [5.41, 5.74) is 3.00. The van der Waals surface area contributed by atoms with Crippen molar-refractivity contribution < 1.29 is 14.3 Å².